The van der Waals surface area contributed by atoms with E-state index in [1.807, 2.05) is 49.4 Å². The van der Waals surface area contributed by atoms with Crippen LogP contribution in [-0.4, -0.2) is 5.91 Å². The molecule has 0 saturated heterocycles. The quantitative estimate of drug-likeness (QED) is 0.498. The number of hydrogen-bond donors (Lipinski definition) is 1. The maximum atomic E-state index is 12.2. The Morgan fingerprint density at radius 1 is 1.13 bits per heavy atom. The molecule has 0 aromatic heterocycles. The van der Waals surface area contributed by atoms with Gasteiger partial charge in [-0.25, -0.2) is 0 Å². The Kier molecular flexibility index (Phi) is 5.74. The van der Waals surface area contributed by atoms with Gasteiger partial charge in [0, 0.05) is 10.7 Å². The van der Waals surface area contributed by atoms with E-state index in [4.69, 9.17) is 11.6 Å². The van der Waals surface area contributed by atoms with E-state index in [0.29, 0.717) is 10.7 Å². The highest BCUT2D eigenvalue weighted by atomic mass is 35.5. The van der Waals surface area contributed by atoms with Crippen molar-refractivity contribution in [2.24, 2.45) is 0 Å². The fraction of sp³-hybridized carbons (Fsp3) is 0.0526. The molecule has 114 valence electrons. The van der Waals surface area contributed by atoms with E-state index in [9.17, 15) is 10.1 Å². The summed E-state index contributed by atoms with van der Waals surface area (Å²) in [6.07, 6.45) is 3.48. The van der Waals surface area contributed by atoms with Crippen molar-refractivity contribution in [2.75, 3.05) is 5.32 Å². The predicted octanol–water partition coefficient (Wildman–Crippen LogP) is 4.83. The van der Waals surface area contributed by atoms with E-state index in [0.717, 1.165) is 11.1 Å². The van der Waals surface area contributed by atoms with Gasteiger partial charge in [0.25, 0.3) is 5.91 Å². The molecule has 0 aliphatic heterocycles. The average Bonchev–Trinajstić information content (AvgIpc) is 2.55. The Bertz CT molecular complexity index is 784. The molecule has 0 aliphatic carbocycles. The molecule has 0 aliphatic rings. The Hall–Kier alpha value is -2.83. The summed E-state index contributed by atoms with van der Waals surface area (Å²) in [5.41, 5.74) is 2.46. The second-order valence-electron chi connectivity index (χ2n) is 4.93. The van der Waals surface area contributed by atoms with Gasteiger partial charge in [-0.2, -0.15) is 5.26 Å². The lowest BCUT2D eigenvalue weighted by Crippen LogP contribution is -2.13. The first-order valence-corrected chi connectivity index (χ1v) is 7.38. The van der Waals surface area contributed by atoms with Gasteiger partial charge in [-0.05, 0) is 48.4 Å². The molecule has 0 atom stereocenters. The number of allylic oxidation sites excluding steroid dienone is 2. The van der Waals surface area contributed by atoms with Crippen LogP contribution in [0.4, 0.5) is 5.69 Å². The molecule has 0 saturated carbocycles. The monoisotopic (exact) mass is 322 g/mol. The summed E-state index contributed by atoms with van der Waals surface area (Å²) in [4.78, 5) is 12.2. The topological polar surface area (TPSA) is 52.9 Å². The molecule has 0 radical (unpaired) electrons. The van der Waals surface area contributed by atoms with Crippen molar-refractivity contribution < 1.29 is 4.79 Å². The first-order valence-electron chi connectivity index (χ1n) is 7.00. The van der Waals surface area contributed by atoms with Gasteiger partial charge in [0.1, 0.15) is 11.6 Å². The number of nitriles is 1. The highest BCUT2D eigenvalue weighted by Gasteiger charge is 2.09. The molecule has 2 rings (SSSR count). The lowest BCUT2D eigenvalue weighted by molar-refractivity contribution is -0.112. The fourth-order valence-corrected chi connectivity index (χ4v) is 2.09. The first-order chi connectivity index (χ1) is 11.1. The summed E-state index contributed by atoms with van der Waals surface area (Å²) in [6.45, 7) is 1.85. The zero-order chi connectivity index (χ0) is 16.7. The highest BCUT2D eigenvalue weighted by Crippen LogP contribution is 2.15. The van der Waals surface area contributed by atoms with Crippen molar-refractivity contribution in [1.82, 2.24) is 0 Å². The van der Waals surface area contributed by atoms with Gasteiger partial charge in [0.15, 0.2) is 0 Å². The molecule has 0 fully saturated rings. The van der Waals surface area contributed by atoms with Gasteiger partial charge in [-0.15, -0.1) is 0 Å². The van der Waals surface area contributed by atoms with Crippen molar-refractivity contribution in [1.29, 1.82) is 5.26 Å². The van der Waals surface area contributed by atoms with Gasteiger partial charge < -0.3 is 5.32 Å². The summed E-state index contributed by atoms with van der Waals surface area (Å²) in [5.74, 6) is -0.448. The zero-order valence-electron chi connectivity index (χ0n) is 12.6. The number of carbonyl (C=O) groups excluding carboxylic acids is 1. The van der Waals surface area contributed by atoms with Crippen molar-refractivity contribution in [3.05, 3.63) is 82.4 Å². The standard InChI is InChI=1S/C19H15ClN2O/c1-14(11-15-5-3-2-4-6-15)12-16(13-21)19(23)22-18-9-7-17(20)8-10-18/h2-12H,1H3,(H,22,23)/b14-11-,16-12+. The molecule has 2 aromatic rings. The molecule has 0 bridgehead atoms. The number of hydrogen-bond acceptors (Lipinski definition) is 2. The normalized spacial score (nSPS) is 11.7. The summed E-state index contributed by atoms with van der Waals surface area (Å²) >= 11 is 5.80. The third-order valence-corrected chi connectivity index (χ3v) is 3.29. The number of rotatable bonds is 4. The number of amides is 1. The minimum Gasteiger partial charge on any atom is -0.321 e. The smallest absolute Gasteiger partial charge is 0.266 e. The van der Waals surface area contributed by atoms with Gasteiger partial charge in [-0.3, -0.25) is 4.79 Å². The SMILES string of the molecule is CC(=C/c1ccccc1)/C=C(\C#N)C(=O)Nc1ccc(Cl)cc1. The summed E-state index contributed by atoms with van der Waals surface area (Å²) < 4.78 is 0. The third-order valence-electron chi connectivity index (χ3n) is 3.03. The van der Waals surface area contributed by atoms with E-state index < -0.39 is 5.91 Å². The van der Waals surface area contributed by atoms with Crippen LogP contribution in [0.25, 0.3) is 6.08 Å². The largest absolute Gasteiger partial charge is 0.321 e. The minimum atomic E-state index is -0.448. The van der Waals surface area contributed by atoms with Crippen molar-refractivity contribution in [3.63, 3.8) is 0 Å². The van der Waals surface area contributed by atoms with Gasteiger partial charge in [0.05, 0.1) is 0 Å². The van der Waals surface area contributed by atoms with Crippen LogP contribution in [0, 0.1) is 11.3 Å². The molecule has 1 N–H and O–H groups in total. The van der Waals surface area contributed by atoms with Crippen LogP contribution in [0.1, 0.15) is 12.5 Å². The third kappa shape index (κ3) is 5.14. The van der Waals surface area contributed by atoms with E-state index in [1.54, 1.807) is 30.3 Å². The van der Waals surface area contributed by atoms with Crippen LogP contribution in [0.3, 0.4) is 0 Å². The second-order valence-corrected chi connectivity index (χ2v) is 5.37. The van der Waals surface area contributed by atoms with Crippen LogP contribution in [-0.2, 0) is 4.79 Å². The van der Waals surface area contributed by atoms with Crippen LogP contribution in [0.2, 0.25) is 5.02 Å². The maximum absolute atomic E-state index is 12.2. The lowest BCUT2D eigenvalue weighted by Gasteiger charge is -2.04. The molecule has 4 heteroatoms. The Balaban J connectivity index is 2.15. The summed E-state index contributed by atoms with van der Waals surface area (Å²) in [5, 5.41) is 12.5. The first kappa shape index (κ1) is 16.5. The Labute approximate surface area is 140 Å². The van der Waals surface area contributed by atoms with Crippen molar-refractivity contribution in [3.8, 4) is 6.07 Å². The summed E-state index contributed by atoms with van der Waals surface area (Å²) in [7, 11) is 0. The molecule has 3 nitrogen and oxygen atoms in total. The molecule has 23 heavy (non-hydrogen) atoms. The van der Waals surface area contributed by atoms with Crippen LogP contribution < -0.4 is 5.32 Å². The fourth-order valence-electron chi connectivity index (χ4n) is 1.96. The van der Waals surface area contributed by atoms with E-state index in [2.05, 4.69) is 5.32 Å². The minimum absolute atomic E-state index is 0.0460. The molecule has 0 unspecified atom stereocenters. The van der Waals surface area contributed by atoms with E-state index in [-0.39, 0.29) is 5.57 Å². The average molecular weight is 323 g/mol. The molecule has 2 aromatic carbocycles. The van der Waals surface area contributed by atoms with Gasteiger partial charge in [0.2, 0.25) is 0 Å². The van der Waals surface area contributed by atoms with E-state index in [1.165, 1.54) is 0 Å². The predicted molar refractivity (Wildman–Crippen MR) is 93.9 cm³/mol. The number of nitrogens with zero attached hydrogens (tertiary/aromatic N) is 1. The summed E-state index contributed by atoms with van der Waals surface area (Å²) in [6, 6.07) is 18.4. The highest BCUT2D eigenvalue weighted by molar-refractivity contribution is 6.30. The number of benzene rings is 2. The van der Waals surface area contributed by atoms with E-state index >= 15 is 0 Å². The second kappa shape index (κ2) is 7.98. The number of nitrogens with one attached hydrogen (secondary N) is 1. The Morgan fingerprint density at radius 2 is 1.78 bits per heavy atom. The van der Waals surface area contributed by atoms with Gasteiger partial charge in [-0.1, -0.05) is 48.0 Å². The zero-order valence-corrected chi connectivity index (χ0v) is 13.3. The van der Waals surface area contributed by atoms with Crippen molar-refractivity contribution >= 4 is 29.3 Å². The Morgan fingerprint density at radius 3 is 2.39 bits per heavy atom. The number of halogens is 1. The lowest BCUT2D eigenvalue weighted by atomic mass is 10.1. The molecule has 1 amide bonds. The molecule has 0 heterocycles. The molecule has 0 spiro atoms. The van der Waals surface area contributed by atoms with Crippen molar-refractivity contribution in [2.45, 2.75) is 6.92 Å². The molecular weight excluding hydrogens is 308 g/mol. The van der Waals surface area contributed by atoms with Crippen LogP contribution >= 0.6 is 11.6 Å². The maximum Gasteiger partial charge on any atom is 0.266 e. The number of carbonyl (C=O) groups is 1. The van der Waals surface area contributed by atoms with Gasteiger partial charge >= 0.3 is 0 Å². The number of anilines is 1. The van der Waals surface area contributed by atoms with Crippen LogP contribution in [0.15, 0.2) is 71.8 Å². The van der Waals surface area contributed by atoms with Crippen LogP contribution in [0.5, 0.6) is 0 Å². The molecular formula is C19H15ClN2O.